The maximum atomic E-state index is 12.6. The van der Waals surface area contributed by atoms with E-state index in [1.165, 1.54) is 5.01 Å². The second kappa shape index (κ2) is 12.4. The van der Waals surface area contributed by atoms with E-state index in [1.54, 1.807) is 11.8 Å². The number of carbonyl (C=O) groups excluding carboxylic acids is 1. The molecule has 8 nitrogen and oxygen atoms in total. The molecule has 2 heterocycles. The minimum Gasteiger partial charge on any atom is -0.396 e. The molecule has 0 bridgehead atoms. The molecule has 36 heavy (non-hydrogen) atoms. The van der Waals surface area contributed by atoms with Crippen molar-refractivity contribution in [2.75, 3.05) is 18.7 Å². The van der Waals surface area contributed by atoms with Crippen LogP contribution in [0.2, 0.25) is 0 Å². The van der Waals surface area contributed by atoms with Gasteiger partial charge in [0.05, 0.1) is 23.2 Å². The van der Waals surface area contributed by atoms with Crippen LogP contribution in [0.15, 0.2) is 78.0 Å². The van der Waals surface area contributed by atoms with Gasteiger partial charge in [-0.25, -0.2) is 5.01 Å². The van der Waals surface area contributed by atoms with Crippen molar-refractivity contribution < 1.29 is 14.6 Å². The molecule has 1 amide bonds. The van der Waals surface area contributed by atoms with Crippen LogP contribution in [0.5, 0.6) is 0 Å². The predicted octanol–water partition coefficient (Wildman–Crippen LogP) is 4.31. The third-order valence-corrected chi connectivity index (χ3v) is 6.26. The number of hydrogen-bond acceptors (Lipinski definition) is 6. The van der Waals surface area contributed by atoms with Gasteiger partial charge in [-0.05, 0) is 29.7 Å². The SMILES string of the molecule is CO[C@H](c1ccc(N2N=C(c3ccccc3)CCC2=O)cc1)[C@H](C)/C=C/CCn1cc(CCO)nn1. The Kier molecular flexibility index (Phi) is 8.76. The number of amides is 1. The van der Waals surface area contributed by atoms with E-state index in [4.69, 9.17) is 9.84 Å². The van der Waals surface area contributed by atoms with E-state index in [-0.39, 0.29) is 24.5 Å². The molecule has 1 aliphatic rings. The van der Waals surface area contributed by atoms with Gasteiger partial charge in [0.15, 0.2) is 0 Å². The molecule has 0 saturated heterocycles. The zero-order valence-electron chi connectivity index (χ0n) is 20.8. The van der Waals surface area contributed by atoms with Crippen LogP contribution in [0.1, 0.15) is 49.1 Å². The quantitative estimate of drug-likeness (QED) is 0.407. The van der Waals surface area contributed by atoms with Crippen molar-refractivity contribution >= 4 is 17.3 Å². The molecule has 0 saturated carbocycles. The lowest BCUT2D eigenvalue weighted by Gasteiger charge is -2.25. The highest BCUT2D eigenvalue weighted by molar-refractivity contribution is 6.08. The third-order valence-electron chi connectivity index (χ3n) is 6.26. The van der Waals surface area contributed by atoms with Crippen molar-refractivity contribution in [3.05, 3.63) is 89.8 Å². The normalized spacial score (nSPS) is 15.8. The molecule has 8 heteroatoms. The number of aryl methyl sites for hydroxylation is 1. The highest BCUT2D eigenvalue weighted by Crippen LogP contribution is 2.29. The van der Waals surface area contributed by atoms with E-state index < -0.39 is 0 Å². The van der Waals surface area contributed by atoms with Crippen molar-refractivity contribution in [3.63, 3.8) is 0 Å². The molecule has 3 aromatic rings. The Hall–Kier alpha value is -3.62. The molecule has 0 aliphatic carbocycles. The van der Waals surface area contributed by atoms with Crippen molar-refractivity contribution in [2.24, 2.45) is 11.0 Å². The first-order valence-corrected chi connectivity index (χ1v) is 12.3. The van der Waals surface area contributed by atoms with E-state index in [1.807, 2.05) is 60.8 Å². The number of aliphatic hydroxyl groups excluding tert-OH is 1. The number of hydrazone groups is 1. The van der Waals surface area contributed by atoms with E-state index in [0.717, 1.165) is 41.2 Å². The largest absolute Gasteiger partial charge is 0.396 e. The maximum absolute atomic E-state index is 12.6. The summed E-state index contributed by atoms with van der Waals surface area (Å²) < 4.78 is 7.61. The molecule has 0 radical (unpaired) electrons. The molecule has 1 aromatic heterocycles. The first-order chi connectivity index (χ1) is 17.6. The summed E-state index contributed by atoms with van der Waals surface area (Å²) in [4.78, 5) is 12.6. The fraction of sp³-hybridized carbons (Fsp3) is 0.357. The van der Waals surface area contributed by atoms with Crippen molar-refractivity contribution in [2.45, 2.75) is 45.3 Å². The Morgan fingerprint density at radius 3 is 2.61 bits per heavy atom. The van der Waals surface area contributed by atoms with Crippen LogP contribution < -0.4 is 5.01 Å². The zero-order valence-corrected chi connectivity index (χ0v) is 20.8. The average Bonchev–Trinajstić information content (AvgIpc) is 3.36. The standard InChI is InChI=1S/C28H33N5O3/c1-21(8-6-7-18-32-20-24(17-19-34)29-31-32)28(36-2)23-11-13-25(14-12-23)33-27(35)16-15-26(30-33)22-9-4-3-5-10-22/h3-6,8-14,20-21,28,34H,7,15-19H2,1-2H3/b8-6+/t21-,28+/m1/s1. The number of anilines is 1. The number of benzene rings is 2. The second-order valence-electron chi connectivity index (χ2n) is 8.89. The number of nitrogens with zero attached hydrogens (tertiary/aromatic N) is 5. The van der Waals surface area contributed by atoms with Gasteiger partial charge in [0, 0.05) is 51.6 Å². The Morgan fingerprint density at radius 2 is 1.89 bits per heavy atom. The summed E-state index contributed by atoms with van der Waals surface area (Å²) in [5, 5.41) is 23.3. The van der Waals surface area contributed by atoms with E-state index in [2.05, 4.69) is 34.5 Å². The van der Waals surface area contributed by atoms with E-state index in [9.17, 15) is 4.79 Å². The average molecular weight is 488 g/mol. The van der Waals surface area contributed by atoms with Crippen LogP contribution in [-0.2, 0) is 22.5 Å². The fourth-order valence-electron chi connectivity index (χ4n) is 4.35. The van der Waals surface area contributed by atoms with Crippen LogP contribution in [0.25, 0.3) is 0 Å². The molecule has 4 rings (SSSR count). The summed E-state index contributed by atoms with van der Waals surface area (Å²) in [6, 6.07) is 17.9. The number of allylic oxidation sites excluding steroid dienone is 1. The molecule has 1 N–H and O–H groups in total. The molecule has 0 fully saturated rings. The predicted molar refractivity (Wildman–Crippen MR) is 140 cm³/mol. The van der Waals surface area contributed by atoms with Crippen LogP contribution in [0.3, 0.4) is 0 Å². The molecule has 0 unspecified atom stereocenters. The van der Waals surface area contributed by atoms with Gasteiger partial charge < -0.3 is 9.84 Å². The molecular formula is C28H33N5O3. The summed E-state index contributed by atoms with van der Waals surface area (Å²) in [6.45, 7) is 2.92. The number of carbonyl (C=O) groups is 1. The van der Waals surface area contributed by atoms with Gasteiger partial charge in [-0.15, -0.1) is 5.10 Å². The van der Waals surface area contributed by atoms with Gasteiger partial charge in [-0.3, -0.25) is 9.48 Å². The minimum atomic E-state index is -0.113. The molecule has 2 atom stereocenters. The first-order valence-electron chi connectivity index (χ1n) is 12.3. The van der Waals surface area contributed by atoms with E-state index in [0.29, 0.717) is 19.3 Å². The zero-order chi connectivity index (χ0) is 25.3. The minimum absolute atomic E-state index is 0.00196. The van der Waals surface area contributed by atoms with Crippen LogP contribution >= 0.6 is 0 Å². The fourth-order valence-corrected chi connectivity index (χ4v) is 4.35. The summed E-state index contributed by atoms with van der Waals surface area (Å²) >= 11 is 0. The van der Waals surface area contributed by atoms with Crippen molar-refractivity contribution in [1.82, 2.24) is 15.0 Å². The van der Waals surface area contributed by atoms with Gasteiger partial charge in [0.2, 0.25) is 5.91 Å². The summed E-state index contributed by atoms with van der Waals surface area (Å²) in [5.74, 6) is 0.152. The summed E-state index contributed by atoms with van der Waals surface area (Å²) in [5.41, 5.74) is 4.55. The van der Waals surface area contributed by atoms with Crippen molar-refractivity contribution in [3.8, 4) is 0 Å². The smallest absolute Gasteiger partial charge is 0.247 e. The lowest BCUT2D eigenvalue weighted by Crippen LogP contribution is -2.31. The Balaban J connectivity index is 1.39. The monoisotopic (exact) mass is 487 g/mol. The number of hydrogen-bond donors (Lipinski definition) is 1. The van der Waals surface area contributed by atoms with E-state index >= 15 is 0 Å². The first kappa shape index (κ1) is 25.5. The summed E-state index contributed by atoms with van der Waals surface area (Å²) in [6.07, 6.45) is 8.46. The lowest BCUT2D eigenvalue weighted by molar-refractivity contribution is -0.118. The molecular weight excluding hydrogens is 454 g/mol. The molecule has 188 valence electrons. The topological polar surface area (TPSA) is 92.8 Å². The van der Waals surface area contributed by atoms with Crippen LogP contribution in [0.4, 0.5) is 5.69 Å². The molecule has 1 aliphatic heterocycles. The van der Waals surface area contributed by atoms with Gasteiger partial charge in [0.1, 0.15) is 0 Å². The maximum Gasteiger partial charge on any atom is 0.247 e. The number of aliphatic hydroxyl groups is 1. The van der Waals surface area contributed by atoms with Crippen LogP contribution in [-0.4, -0.2) is 45.4 Å². The number of rotatable bonds is 11. The third kappa shape index (κ3) is 6.33. The molecule has 0 spiro atoms. The second-order valence-corrected chi connectivity index (χ2v) is 8.89. The number of methoxy groups -OCH3 is 1. The Labute approximate surface area is 211 Å². The Bertz CT molecular complexity index is 1190. The highest BCUT2D eigenvalue weighted by Gasteiger charge is 2.23. The van der Waals surface area contributed by atoms with Gasteiger partial charge in [0.25, 0.3) is 0 Å². The summed E-state index contributed by atoms with van der Waals surface area (Å²) in [7, 11) is 1.71. The number of aromatic nitrogens is 3. The highest BCUT2D eigenvalue weighted by atomic mass is 16.5. The van der Waals surface area contributed by atoms with Crippen LogP contribution in [0, 0.1) is 5.92 Å². The van der Waals surface area contributed by atoms with Gasteiger partial charge in [-0.1, -0.05) is 66.8 Å². The molecule has 2 aromatic carbocycles. The van der Waals surface area contributed by atoms with Gasteiger partial charge in [-0.2, -0.15) is 5.10 Å². The van der Waals surface area contributed by atoms with Crippen molar-refractivity contribution in [1.29, 1.82) is 0 Å². The Morgan fingerprint density at radius 1 is 1.11 bits per heavy atom. The lowest BCUT2D eigenvalue weighted by atomic mass is 9.96. The number of ether oxygens (including phenoxy) is 1. The van der Waals surface area contributed by atoms with Gasteiger partial charge >= 0.3 is 0 Å².